The van der Waals surface area contributed by atoms with Gasteiger partial charge in [-0.1, -0.05) is 25.1 Å². The van der Waals surface area contributed by atoms with Gasteiger partial charge in [-0.05, 0) is 44.9 Å². The quantitative estimate of drug-likeness (QED) is 0.377. The first-order valence-electron chi connectivity index (χ1n) is 9.45. The molecule has 0 saturated carbocycles. The number of aryl methyl sites for hydroxylation is 1. The second kappa shape index (κ2) is 9.39. The number of hydrogen-bond acceptors (Lipinski definition) is 7. The number of anilines is 1. The fourth-order valence-corrected chi connectivity index (χ4v) is 4.61. The summed E-state index contributed by atoms with van der Waals surface area (Å²) in [5.74, 6) is 1.93. The molecule has 148 valence electrons. The summed E-state index contributed by atoms with van der Waals surface area (Å²) in [6.45, 7) is 8.37. The molecule has 0 radical (unpaired) electrons. The van der Waals surface area contributed by atoms with Gasteiger partial charge in [-0.25, -0.2) is 14.8 Å². The lowest BCUT2D eigenvalue weighted by molar-refractivity contribution is 0.0531. The molecule has 2 heterocycles. The summed E-state index contributed by atoms with van der Waals surface area (Å²) in [4.78, 5) is 24.5. The molecule has 0 unspecified atom stereocenters. The van der Waals surface area contributed by atoms with E-state index in [9.17, 15) is 4.79 Å². The number of hydrogen-bond donors (Lipinski definition) is 1. The highest BCUT2D eigenvalue weighted by Crippen LogP contribution is 2.35. The molecule has 3 aromatic rings. The van der Waals surface area contributed by atoms with Crippen LogP contribution in [0.25, 0.3) is 10.2 Å². The Labute approximate surface area is 173 Å². The molecule has 3 rings (SSSR count). The molecule has 1 atom stereocenters. The molecule has 1 N–H and O–H groups in total. The number of nitrogens with one attached hydrogen (secondary N) is 1. The van der Waals surface area contributed by atoms with Crippen LogP contribution in [-0.4, -0.2) is 28.6 Å². The molecule has 0 amide bonds. The van der Waals surface area contributed by atoms with Crippen LogP contribution in [0.1, 0.15) is 48.3 Å². The topological polar surface area (TPSA) is 64.1 Å². The Balaban J connectivity index is 1.99. The van der Waals surface area contributed by atoms with E-state index in [0.717, 1.165) is 33.8 Å². The van der Waals surface area contributed by atoms with Crippen molar-refractivity contribution >= 4 is 45.1 Å². The van der Waals surface area contributed by atoms with Gasteiger partial charge in [-0.2, -0.15) is 0 Å². The first kappa shape index (κ1) is 20.6. The summed E-state index contributed by atoms with van der Waals surface area (Å²) in [6, 6.07) is 10.5. The highest BCUT2D eigenvalue weighted by atomic mass is 32.2. The molecule has 0 aliphatic heterocycles. The lowest BCUT2D eigenvalue weighted by Crippen LogP contribution is -2.15. The van der Waals surface area contributed by atoms with Gasteiger partial charge in [0.25, 0.3) is 0 Å². The predicted molar refractivity (Wildman–Crippen MR) is 117 cm³/mol. The smallest absolute Gasteiger partial charge is 0.348 e. The number of carbonyl (C=O) groups is 1. The van der Waals surface area contributed by atoms with Gasteiger partial charge in [0.05, 0.1) is 17.7 Å². The summed E-state index contributed by atoms with van der Waals surface area (Å²) < 4.78 is 5.21. The largest absolute Gasteiger partial charge is 0.462 e. The minimum atomic E-state index is -0.294. The van der Waals surface area contributed by atoms with Crippen LogP contribution in [0.3, 0.4) is 0 Å². The summed E-state index contributed by atoms with van der Waals surface area (Å²) in [5.41, 5.74) is 0.881. The third-order valence-corrected chi connectivity index (χ3v) is 6.58. The zero-order valence-corrected chi connectivity index (χ0v) is 18.2. The van der Waals surface area contributed by atoms with E-state index in [4.69, 9.17) is 14.7 Å². The molecule has 0 fully saturated rings. The molecule has 0 bridgehead atoms. The fraction of sp³-hybridized carbons (Fsp3) is 0.381. The number of fused-ring (bicyclic) bond motifs is 1. The molecule has 0 spiro atoms. The summed E-state index contributed by atoms with van der Waals surface area (Å²) >= 11 is 3.08. The van der Waals surface area contributed by atoms with Crippen molar-refractivity contribution in [3.63, 3.8) is 0 Å². The van der Waals surface area contributed by atoms with Crippen LogP contribution in [0.2, 0.25) is 0 Å². The van der Waals surface area contributed by atoms with Gasteiger partial charge in [0.2, 0.25) is 0 Å². The summed E-state index contributed by atoms with van der Waals surface area (Å²) in [5, 5.41) is 4.41. The van der Waals surface area contributed by atoms with Crippen molar-refractivity contribution < 1.29 is 9.53 Å². The number of ether oxygens (including phenoxy) is 1. The Morgan fingerprint density at radius 1 is 1.25 bits per heavy atom. The van der Waals surface area contributed by atoms with Crippen molar-refractivity contribution in [2.75, 3.05) is 11.9 Å². The van der Waals surface area contributed by atoms with Crippen LogP contribution in [0.15, 0.2) is 35.2 Å². The Kier molecular flexibility index (Phi) is 6.91. The number of aromatic nitrogens is 2. The highest BCUT2D eigenvalue weighted by molar-refractivity contribution is 7.98. The molecule has 5 nitrogen and oxygen atoms in total. The lowest BCUT2D eigenvalue weighted by atomic mass is 10.2. The van der Waals surface area contributed by atoms with Gasteiger partial charge in [-0.15, -0.1) is 23.1 Å². The van der Waals surface area contributed by atoms with E-state index in [-0.39, 0.29) is 12.0 Å². The fourth-order valence-electron chi connectivity index (χ4n) is 2.74. The molecule has 0 aliphatic carbocycles. The van der Waals surface area contributed by atoms with Crippen LogP contribution in [-0.2, 0) is 10.5 Å². The molecule has 28 heavy (non-hydrogen) atoms. The van der Waals surface area contributed by atoms with Crippen molar-refractivity contribution in [2.45, 2.75) is 50.8 Å². The lowest BCUT2D eigenvalue weighted by Gasteiger charge is -2.14. The van der Waals surface area contributed by atoms with Gasteiger partial charge >= 0.3 is 5.97 Å². The minimum Gasteiger partial charge on any atom is -0.462 e. The SMILES string of the molecule is CCOC(=O)c1sc2nc(CSc3ccccc3)nc(N[C@H](C)CC)c2c1C. The highest BCUT2D eigenvalue weighted by Gasteiger charge is 2.22. The average Bonchev–Trinajstić information content (AvgIpc) is 3.04. The van der Waals surface area contributed by atoms with Crippen molar-refractivity contribution in [2.24, 2.45) is 0 Å². The van der Waals surface area contributed by atoms with Crippen molar-refractivity contribution in [1.29, 1.82) is 0 Å². The van der Waals surface area contributed by atoms with Crippen LogP contribution in [0, 0.1) is 6.92 Å². The third-order valence-electron chi connectivity index (χ3n) is 4.40. The van der Waals surface area contributed by atoms with Crippen LogP contribution < -0.4 is 5.32 Å². The maximum Gasteiger partial charge on any atom is 0.348 e. The molecule has 0 saturated heterocycles. The van der Waals surface area contributed by atoms with Crippen LogP contribution in [0.4, 0.5) is 5.82 Å². The normalized spacial score (nSPS) is 12.1. The Bertz CT molecular complexity index is 957. The van der Waals surface area contributed by atoms with Gasteiger partial charge in [0.1, 0.15) is 21.3 Å². The number of benzene rings is 1. The van der Waals surface area contributed by atoms with E-state index in [1.807, 2.05) is 32.0 Å². The monoisotopic (exact) mass is 415 g/mol. The number of thioether (sulfide) groups is 1. The maximum atomic E-state index is 12.3. The second-order valence-electron chi connectivity index (χ2n) is 6.50. The van der Waals surface area contributed by atoms with Crippen LogP contribution in [0.5, 0.6) is 0 Å². The number of rotatable bonds is 8. The minimum absolute atomic E-state index is 0.276. The molecular formula is C21H25N3O2S2. The standard InChI is InChI=1S/C21H25N3O2S2/c1-5-13(3)22-19-17-14(4)18(21(25)26-6-2)28-20(17)24-16(23-19)12-27-15-10-8-7-9-11-15/h7-11,13H,5-6,12H2,1-4H3,(H,22,23,24)/t13-/m1/s1. The Morgan fingerprint density at radius 3 is 2.68 bits per heavy atom. The molecule has 0 aliphatic rings. The zero-order chi connectivity index (χ0) is 20.1. The summed E-state index contributed by atoms with van der Waals surface area (Å²) in [6.07, 6.45) is 0.980. The van der Waals surface area contributed by atoms with Crippen LogP contribution >= 0.6 is 23.1 Å². The van der Waals surface area contributed by atoms with Crippen molar-refractivity contribution in [3.8, 4) is 0 Å². The molecule has 1 aromatic carbocycles. The van der Waals surface area contributed by atoms with Gasteiger partial charge in [0.15, 0.2) is 0 Å². The summed E-state index contributed by atoms with van der Waals surface area (Å²) in [7, 11) is 0. The van der Waals surface area contributed by atoms with E-state index in [2.05, 4.69) is 31.3 Å². The molecular weight excluding hydrogens is 390 g/mol. The molecule has 7 heteroatoms. The van der Waals surface area contributed by atoms with Gasteiger partial charge in [-0.3, -0.25) is 0 Å². The van der Waals surface area contributed by atoms with Crippen molar-refractivity contribution in [3.05, 3.63) is 46.6 Å². The third kappa shape index (κ3) is 4.64. The van der Waals surface area contributed by atoms with Gasteiger partial charge < -0.3 is 10.1 Å². The number of carbonyl (C=O) groups excluding carboxylic acids is 1. The van der Waals surface area contributed by atoms with Crippen molar-refractivity contribution in [1.82, 2.24) is 9.97 Å². The average molecular weight is 416 g/mol. The Morgan fingerprint density at radius 2 is 2.00 bits per heavy atom. The zero-order valence-electron chi connectivity index (χ0n) is 16.6. The van der Waals surface area contributed by atoms with Gasteiger partial charge in [0, 0.05) is 10.9 Å². The van der Waals surface area contributed by atoms with E-state index < -0.39 is 0 Å². The Hall–Kier alpha value is -2.12. The first-order valence-corrected chi connectivity index (χ1v) is 11.2. The first-order chi connectivity index (χ1) is 13.5. The maximum absolute atomic E-state index is 12.3. The second-order valence-corrected chi connectivity index (χ2v) is 8.55. The number of esters is 1. The number of thiophene rings is 1. The predicted octanol–water partition coefficient (Wildman–Crippen LogP) is 5.68. The van der Waals surface area contributed by atoms with E-state index in [1.165, 1.54) is 16.2 Å². The number of nitrogens with zero attached hydrogens (tertiary/aromatic N) is 2. The van der Waals surface area contributed by atoms with E-state index >= 15 is 0 Å². The van der Waals surface area contributed by atoms with E-state index in [1.54, 1.807) is 11.8 Å². The molecule has 2 aromatic heterocycles. The van der Waals surface area contributed by atoms with E-state index in [0.29, 0.717) is 17.2 Å².